The molecule has 1 aromatic rings. The highest BCUT2D eigenvalue weighted by Crippen LogP contribution is 2.44. The highest BCUT2D eigenvalue weighted by Gasteiger charge is 2.21. The normalized spacial score (nSPS) is 19.3. The van der Waals surface area contributed by atoms with Crippen molar-refractivity contribution in [2.45, 2.75) is 31.6 Å². The summed E-state index contributed by atoms with van der Waals surface area (Å²) in [7, 11) is 0. The second-order valence-electron chi connectivity index (χ2n) is 3.98. The number of fused-ring (bicyclic) bond motifs is 1. The van der Waals surface area contributed by atoms with E-state index in [0.29, 0.717) is 5.92 Å². The summed E-state index contributed by atoms with van der Waals surface area (Å²) in [6.45, 7) is 6.56. The summed E-state index contributed by atoms with van der Waals surface area (Å²) in [5.41, 5.74) is 0. The molecule has 0 fully saturated rings. The molecular weight excluding hydrogens is 208 g/mol. The second-order valence-corrected chi connectivity index (χ2v) is 6.12. The fourth-order valence-corrected chi connectivity index (χ4v) is 4.00. The molecule has 2 heteroatoms. The van der Waals surface area contributed by atoms with Crippen LogP contribution in [-0.2, 0) is 0 Å². The molecule has 1 unspecified atom stereocenters. The van der Waals surface area contributed by atoms with E-state index in [0.717, 1.165) is 5.92 Å². The zero-order valence-electron chi connectivity index (χ0n) is 8.76. The number of rotatable bonds is 0. The summed E-state index contributed by atoms with van der Waals surface area (Å²) in [4.78, 5) is 4.25. The van der Waals surface area contributed by atoms with Gasteiger partial charge in [0.15, 0.2) is 0 Å². The van der Waals surface area contributed by atoms with Crippen LogP contribution in [0.1, 0.15) is 36.4 Å². The van der Waals surface area contributed by atoms with Crippen LogP contribution in [0.15, 0.2) is 11.0 Å². The number of thioether (sulfide) groups is 1. The van der Waals surface area contributed by atoms with E-state index < -0.39 is 0 Å². The molecule has 1 atom stereocenters. The van der Waals surface area contributed by atoms with E-state index >= 15 is 0 Å². The van der Waals surface area contributed by atoms with Crippen molar-refractivity contribution in [2.75, 3.05) is 5.75 Å². The molecule has 1 aliphatic rings. The van der Waals surface area contributed by atoms with E-state index in [9.17, 15) is 0 Å². The SMILES string of the molecule is CC(C)C#Cc1cc2c(s1)C(C)CS2. The van der Waals surface area contributed by atoms with Gasteiger partial charge in [0, 0.05) is 27.4 Å². The van der Waals surface area contributed by atoms with E-state index in [1.807, 2.05) is 23.1 Å². The van der Waals surface area contributed by atoms with Crippen molar-refractivity contribution in [3.05, 3.63) is 15.8 Å². The van der Waals surface area contributed by atoms with Crippen molar-refractivity contribution in [3.8, 4) is 11.8 Å². The first-order valence-electron chi connectivity index (χ1n) is 4.95. The zero-order chi connectivity index (χ0) is 10.1. The van der Waals surface area contributed by atoms with Crippen molar-refractivity contribution in [2.24, 2.45) is 5.92 Å². The minimum Gasteiger partial charge on any atom is -0.130 e. The highest BCUT2D eigenvalue weighted by molar-refractivity contribution is 7.99. The molecule has 0 bridgehead atoms. The Morgan fingerprint density at radius 3 is 2.93 bits per heavy atom. The van der Waals surface area contributed by atoms with Crippen LogP contribution in [0.5, 0.6) is 0 Å². The quantitative estimate of drug-likeness (QED) is 0.599. The molecule has 0 spiro atoms. The number of thiophene rings is 1. The third-order valence-corrected chi connectivity index (χ3v) is 4.87. The molecule has 0 aliphatic carbocycles. The van der Waals surface area contributed by atoms with Crippen LogP contribution in [0, 0.1) is 17.8 Å². The van der Waals surface area contributed by atoms with Crippen LogP contribution >= 0.6 is 23.1 Å². The molecule has 1 aromatic heterocycles. The molecule has 0 radical (unpaired) electrons. The average molecular weight is 222 g/mol. The first kappa shape index (κ1) is 10.1. The lowest BCUT2D eigenvalue weighted by molar-refractivity contribution is 0.867. The summed E-state index contributed by atoms with van der Waals surface area (Å²) in [5, 5.41) is 0. The van der Waals surface area contributed by atoms with Crippen LogP contribution in [0.3, 0.4) is 0 Å². The van der Waals surface area contributed by atoms with Gasteiger partial charge >= 0.3 is 0 Å². The van der Waals surface area contributed by atoms with Crippen LogP contribution in [0.25, 0.3) is 0 Å². The largest absolute Gasteiger partial charge is 0.130 e. The van der Waals surface area contributed by atoms with Gasteiger partial charge in [-0.2, -0.15) is 0 Å². The van der Waals surface area contributed by atoms with Gasteiger partial charge < -0.3 is 0 Å². The maximum Gasteiger partial charge on any atom is 0.0783 e. The smallest absolute Gasteiger partial charge is 0.0783 e. The number of hydrogen-bond donors (Lipinski definition) is 0. The maximum absolute atomic E-state index is 3.25. The van der Waals surface area contributed by atoms with Gasteiger partial charge in [-0.3, -0.25) is 0 Å². The third-order valence-electron chi connectivity index (χ3n) is 2.15. The first-order chi connectivity index (χ1) is 6.66. The van der Waals surface area contributed by atoms with E-state index in [1.165, 1.54) is 15.5 Å². The fourth-order valence-electron chi connectivity index (χ4n) is 1.41. The Hall–Kier alpha value is -0.390. The molecular formula is C12H14S2. The van der Waals surface area contributed by atoms with Gasteiger partial charge in [0.25, 0.3) is 0 Å². The maximum atomic E-state index is 3.25. The topological polar surface area (TPSA) is 0 Å². The minimum atomic E-state index is 0.469. The molecule has 74 valence electrons. The molecule has 1 aliphatic heterocycles. The molecule has 0 nitrogen and oxygen atoms in total. The Kier molecular flexibility index (Phi) is 2.90. The summed E-state index contributed by atoms with van der Waals surface area (Å²) in [5.74, 6) is 8.92. The van der Waals surface area contributed by atoms with Crippen LogP contribution in [0.4, 0.5) is 0 Å². The van der Waals surface area contributed by atoms with Crippen molar-refractivity contribution in [3.63, 3.8) is 0 Å². The van der Waals surface area contributed by atoms with Crippen molar-refractivity contribution >= 4 is 23.1 Å². The van der Waals surface area contributed by atoms with Crippen molar-refractivity contribution in [1.29, 1.82) is 0 Å². The molecule has 2 rings (SSSR count). The van der Waals surface area contributed by atoms with E-state index in [2.05, 4.69) is 38.7 Å². The lowest BCUT2D eigenvalue weighted by Gasteiger charge is -1.95. The predicted molar refractivity (Wildman–Crippen MR) is 65.2 cm³/mol. The molecule has 0 aromatic carbocycles. The van der Waals surface area contributed by atoms with Gasteiger partial charge in [0.2, 0.25) is 0 Å². The molecule has 0 N–H and O–H groups in total. The van der Waals surface area contributed by atoms with Crippen molar-refractivity contribution in [1.82, 2.24) is 0 Å². The molecule has 0 saturated heterocycles. The van der Waals surface area contributed by atoms with Crippen molar-refractivity contribution < 1.29 is 0 Å². The van der Waals surface area contributed by atoms with Crippen LogP contribution in [0.2, 0.25) is 0 Å². The Balaban J connectivity index is 2.24. The third kappa shape index (κ3) is 1.99. The Bertz CT molecular complexity index is 390. The molecule has 0 amide bonds. The van der Waals surface area contributed by atoms with Crippen LogP contribution < -0.4 is 0 Å². The number of hydrogen-bond acceptors (Lipinski definition) is 2. The second kappa shape index (κ2) is 4.00. The lowest BCUT2D eigenvalue weighted by Crippen LogP contribution is -1.84. The molecule has 2 heterocycles. The Morgan fingerprint density at radius 2 is 2.29 bits per heavy atom. The van der Waals surface area contributed by atoms with E-state index in [4.69, 9.17) is 0 Å². The van der Waals surface area contributed by atoms with Gasteiger partial charge in [-0.1, -0.05) is 32.6 Å². The molecule has 0 saturated carbocycles. The van der Waals surface area contributed by atoms with Gasteiger partial charge in [-0.05, 0) is 6.07 Å². The molecule has 14 heavy (non-hydrogen) atoms. The van der Waals surface area contributed by atoms with Gasteiger partial charge in [0.1, 0.15) is 0 Å². The average Bonchev–Trinajstić information content (AvgIpc) is 2.65. The monoisotopic (exact) mass is 222 g/mol. The van der Waals surface area contributed by atoms with Gasteiger partial charge in [-0.15, -0.1) is 23.1 Å². The fraction of sp³-hybridized carbons (Fsp3) is 0.500. The summed E-state index contributed by atoms with van der Waals surface area (Å²) in [6, 6.07) is 2.25. The standard InChI is InChI=1S/C12H14S2/c1-8(2)4-5-10-6-11-12(14-10)9(3)7-13-11/h6,8-9H,7H2,1-3H3. The predicted octanol–water partition coefficient (Wildman–Crippen LogP) is 3.96. The zero-order valence-corrected chi connectivity index (χ0v) is 10.4. The van der Waals surface area contributed by atoms with E-state index in [1.54, 1.807) is 4.88 Å². The van der Waals surface area contributed by atoms with E-state index in [-0.39, 0.29) is 0 Å². The van der Waals surface area contributed by atoms with Gasteiger partial charge in [0.05, 0.1) is 4.88 Å². The summed E-state index contributed by atoms with van der Waals surface area (Å²) in [6.07, 6.45) is 0. The Labute approximate surface area is 94.1 Å². The Morgan fingerprint density at radius 1 is 1.50 bits per heavy atom. The van der Waals surface area contributed by atoms with Gasteiger partial charge in [-0.25, -0.2) is 0 Å². The minimum absolute atomic E-state index is 0.469. The summed E-state index contributed by atoms with van der Waals surface area (Å²) < 4.78 is 0. The lowest BCUT2D eigenvalue weighted by atomic mass is 10.2. The first-order valence-corrected chi connectivity index (χ1v) is 6.75. The summed E-state index contributed by atoms with van der Waals surface area (Å²) >= 11 is 3.85. The highest BCUT2D eigenvalue weighted by atomic mass is 32.2. The van der Waals surface area contributed by atoms with Crippen LogP contribution in [-0.4, -0.2) is 5.75 Å².